The smallest absolute Gasteiger partial charge is 0.415 e. The number of fused-ring (bicyclic) bond motifs is 1. The molecule has 2 aromatic heterocycles. The van der Waals surface area contributed by atoms with Gasteiger partial charge in [-0.1, -0.05) is 5.92 Å². The van der Waals surface area contributed by atoms with Crippen LogP contribution in [-0.2, 0) is 9.53 Å². The van der Waals surface area contributed by atoms with Gasteiger partial charge in [0.15, 0.2) is 23.8 Å². The molecule has 3 aromatic rings. The van der Waals surface area contributed by atoms with Crippen LogP contribution in [-0.4, -0.2) is 91.7 Å². The lowest BCUT2D eigenvalue weighted by atomic mass is 9.94. The molecule has 2 amide bonds. The summed E-state index contributed by atoms with van der Waals surface area (Å²) in [6.07, 6.45) is -2.12. The fraction of sp³-hybridized carbons (Fsp3) is 0.464. The average molecular weight is 580 g/mol. The molecule has 5 N–H and O–H groups in total. The van der Waals surface area contributed by atoms with Crippen LogP contribution in [0, 0.1) is 17.8 Å². The first-order chi connectivity index (χ1) is 20.3. The van der Waals surface area contributed by atoms with Gasteiger partial charge in [0, 0.05) is 26.1 Å². The highest BCUT2D eigenvalue weighted by Crippen LogP contribution is 2.32. The number of hydrogen-bond acceptors (Lipinski definition) is 11. The van der Waals surface area contributed by atoms with Gasteiger partial charge in [-0.15, -0.1) is 0 Å². The molecule has 2 saturated heterocycles. The minimum atomic E-state index is -1.44. The third-order valence-corrected chi connectivity index (χ3v) is 7.30. The third kappa shape index (κ3) is 6.08. The zero-order valence-corrected chi connectivity index (χ0v) is 23.3. The van der Waals surface area contributed by atoms with Crippen molar-refractivity contribution >= 4 is 29.0 Å². The summed E-state index contributed by atoms with van der Waals surface area (Å²) in [6, 6.07) is 6.84. The molecule has 2 fully saturated rings. The number of amides is 2. The number of nitrogens with one attached hydrogen (secondary N) is 1. The number of aromatic nitrogens is 4. The summed E-state index contributed by atoms with van der Waals surface area (Å²) >= 11 is 0. The molecule has 0 unspecified atom stereocenters. The molecule has 2 aliphatic rings. The number of carbonyl (C=O) groups is 2. The maximum absolute atomic E-state index is 12.5. The van der Waals surface area contributed by atoms with Crippen molar-refractivity contribution in [2.75, 3.05) is 32.5 Å². The van der Waals surface area contributed by atoms with Gasteiger partial charge in [-0.3, -0.25) is 9.36 Å². The number of anilines is 1. The molecule has 5 rings (SSSR count). The summed E-state index contributed by atoms with van der Waals surface area (Å²) in [5.74, 6) is 7.21. The third-order valence-electron chi connectivity index (χ3n) is 7.30. The number of nitrogens with zero attached hydrogens (tertiary/aromatic N) is 5. The van der Waals surface area contributed by atoms with Crippen LogP contribution in [0.3, 0.4) is 0 Å². The van der Waals surface area contributed by atoms with Crippen molar-refractivity contribution in [3.8, 4) is 23.3 Å². The van der Waals surface area contributed by atoms with E-state index in [1.807, 2.05) is 0 Å². The molecule has 14 heteroatoms. The zero-order valence-electron chi connectivity index (χ0n) is 23.3. The number of methoxy groups -OCH3 is 1. The monoisotopic (exact) mass is 579 g/mol. The molecule has 14 nitrogen and oxygen atoms in total. The number of benzene rings is 1. The molecule has 0 aliphatic carbocycles. The van der Waals surface area contributed by atoms with Crippen molar-refractivity contribution in [2.24, 2.45) is 5.92 Å². The predicted molar refractivity (Wildman–Crippen MR) is 149 cm³/mol. The Morgan fingerprint density at radius 3 is 2.55 bits per heavy atom. The second-order valence-corrected chi connectivity index (χ2v) is 10.1. The summed E-state index contributed by atoms with van der Waals surface area (Å²) in [4.78, 5) is 39.4. The van der Waals surface area contributed by atoms with Crippen LogP contribution in [0.2, 0.25) is 0 Å². The van der Waals surface area contributed by atoms with Gasteiger partial charge in [0.05, 0.1) is 13.4 Å². The van der Waals surface area contributed by atoms with Crippen LogP contribution in [0.1, 0.15) is 38.2 Å². The van der Waals surface area contributed by atoms with Crippen molar-refractivity contribution in [3.63, 3.8) is 0 Å². The quantitative estimate of drug-likeness (QED) is 0.303. The van der Waals surface area contributed by atoms with E-state index >= 15 is 0 Å². The fourth-order valence-electron chi connectivity index (χ4n) is 4.96. The number of likely N-dealkylation sites (N-methyl/N-ethyl adjacent to an activating group) is 1. The van der Waals surface area contributed by atoms with Crippen LogP contribution in [0.25, 0.3) is 11.2 Å². The van der Waals surface area contributed by atoms with Gasteiger partial charge in [-0.05, 0) is 55.9 Å². The number of likely N-dealkylation sites (tertiary alicyclic amines) is 1. The van der Waals surface area contributed by atoms with Gasteiger partial charge in [0.25, 0.3) is 5.91 Å². The summed E-state index contributed by atoms with van der Waals surface area (Å²) in [7, 11) is 1.57. The van der Waals surface area contributed by atoms with Gasteiger partial charge in [0.2, 0.25) is 5.82 Å². The first-order valence-corrected chi connectivity index (χ1v) is 13.7. The van der Waals surface area contributed by atoms with Gasteiger partial charge in [-0.2, -0.15) is 0 Å². The number of carbonyl (C=O) groups excluding carboxylic acids is 2. The predicted octanol–water partition coefficient (Wildman–Crippen LogP) is 0.825. The molecule has 0 radical (unpaired) electrons. The highest BCUT2D eigenvalue weighted by molar-refractivity contribution is 5.83. The van der Waals surface area contributed by atoms with E-state index in [1.54, 1.807) is 43.2 Å². The Labute approximate surface area is 241 Å². The van der Waals surface area contributed by atoms with Crippen molar-refractivity contribution in [2.45, 2.75) is 50.7 Å². The van der Waals surface area contributed by atoms with Crippen LogP contribution in [0.4, 0.5) is 10.6 Å². The summed E-state index contributed by atoms with van der Waals surface area (Å²) < 4.78 is 17.7. The van der Waals surface area contributed by atoms with Gasteiger partial charge in [-0.25, -0.2) is 19.7 Å². The Hall–Kier alpha value is -4.45. The normalized spacial score (nSPS) is 22.4. The standard InChI is InChI=1S/C28H33N7O7/c1-3-30-26(38)23-21(36)22(37)27(42-23)35-15-31-20-24(29)32-19(33-25(20)35)6-4-5-16-11-13-34(14-12-16)28(39)41-18-9-7-17(40-2)8-10-18/h7-10,15-16,21-23,27,36-37H,3,5,11-14H2,1-2H3,(H,30,38)(H2,29,32,33)/t21-,22+,23-,27+/m0/s1. The molecule has 1 aromatic carbocycles. The number of ether oxygens (including phenoxy) is 3. The largest absolute Gasteiger partial charge is 0.497 e. The number of nitrogen functional groups attached to an aromatic ring is 1. The molecule has 4 heterocycles. The van der Waals surface area contributed by atoms with E-state index in [4.69, 9.17) is 19.9 Å². The number of rotatable bonds is 6. The summed E-state index contributed by atoms with van der Waals surface area (Å²) in [6.45, 7) is 3.21. The highest BCUT2D eigenvalue weighted by atomic mass is 16.6. The summed E-state index contributed by atoms with van der Waals surface area (Å²) in [5.41, 5.74) is 6.64. The Morgan fingerprint density at radius 2 is 1.86 bits per heavy atom. The van der Waals surface area contributed by atoms with Crippen molar-refractivity contribution < 1.29 is 34.0 Å². The van der Waals surface area contributed by atoms with E-state index in [1.165, 1.54) is 10.9 Å². The number of nitrogens with two attached hydrogens (primary N) is 1. The van der Waals surface area contributed by atoms with Crippen LogP contribution in [0.5, 0.6) is 11.5 Å². The maximum atomic E-state index is 12.5. The van der Waals surface area contributed by atoms with E-state index in [-0.39, 0.29) is 34.8 Å². The van der Waals surface area contributed by atoms with Crippen LogP contribution < -0.4 is 20.5 Å². The Morgan fingerprint density at radius 1 is 1.14 bits per heavy atom. The molecule has 4 atom stereocenters. The Bertz CT molecular complexity index is 1490. The van der Waals surface area contributed by atoms with Gasteiger partial charge in [0.1, 0.15) is 29.2 Å². The molecule has 0 spiro atoms. The number of hydrogen-bond donors (Lipinski definition) is 4. The van der Waals surface area contributed by atoms with Crippen molar-refractivity contribution in [1.82, 2.24) is 29.7 Å². The lowest BCUT2D eigenvalue weighted by Crippen LogP contribution is -2.42. The molecular weight excluding hydrogens is 546 g/mol. The SMILES string of the molecule is CCNC(=O)[C@H]1O[C@@H](n2cnc3c(N)nc(C#CCC4CCN(C(=O)Oc5ccc(OC)cc5)CC4)nc32)[C@H](O)[C@@H]1O. The van der Waals surface area contributed by atoms with Crippen LogP contribution in [0.15, 0.2) is 30.6 Å². The van der Waals surface area contributed by atoms with Gasteiger partial charge < -0.3 is 40.4 Å². The second kappa shape index (κ2) is 12.6. The topological polar surface area (TPSA) is 187 Å². The molecule has 222 valence electrons. The minimum absolute atomic E-state index is 0.0973. The fourth-order valence-corrected chi connectivity index (χ4v) is 4.96. The molecular formula is C28H33N7O7. The van der Waals surface area contributed by atoms with Crippen molar-refractivity contribution in [1.29, 1.82) is 0 Å². The molecule has 42 heavy (non-hydrogen) atoms. The van der Waals surface area contributed by atoms with E-state index in [0.29, 0.717) is 37.6 Å². The average Bonchev–Trinajstić information content (AvgIpc) is 3.54. The minimum Gasteiger partial charge on any atom is -0.497 e. The van der Waals surface area contributed by atoms with E-state index in [0.717, 1.165) is 12.8 Å². The number of aliphatic hydroxyl groups is 2. The Kier molecular flexibility index (Phi) is 8.72. The first kappa shape index (κ1) is 29.1. The molecule has 0 bridgehead atoms. The Balaban J connectivity index is 1.20. The van der Waals surface area contributed by atoms with Crippen molar-refractivity contribution in [3.05, 3.63) is 36.4 Å². The second-order valence-electron chi connectivity index (χ2n) is 10.1. The summed E-state index contributed by atoms with van der Waals surface area (Å²) in [5, 5.41) is 23.6. The molecule has 0 saturated carbocycles. The van der Waals surface area contributed by atoms with E-state index in [9.17, 15) is 19.8 Å². The van der Waals surface area contributed by atoms with Gasteiger partial charge >= 0.3 is 6.09 Å². The highest BCUT2D eigenvalue weighted by Gasteiger charge is 2.47. The number of aliphatic hydroxyl groups excluding tert-OH is 2. The molecule has 2 aliphatic heterocycles. The van der Waals surface area contributed by atoms with E-state index in [2.05, 4.69) is 32.1 Å². The van der Waals surface area contributed by atoms with Crippen LogP contribution >= 0.6 is 0 Å². The lowest BCUT2D eigenvalue weighted by molar-refractivity contribution is -0.137. The zero-order chi connectivity index (χ0) is 29.8. The first-order valence-electron chi connectivity index (χ1n) is 13.7. The number of piperidine rings is 1. The lowest BCUT2D eigenvalue weighted by Gasteiger charge is -2.30. The number of imidazole rings is 1. The van der Waals surface area contributed by atoms with E-state index < -0.39 is 30.4 Å². The maximum Gasteiger partial charge on any atom is 0.415 e.